The number of carbonyl (C=O) groups excluding carboxylic acids is 1. The highest BCUT2D eigenvalue weighted by Gasteiger charge is 2.07. The smallest absolute Gasteiger partial charge is 0.373 e. The molecule has 0 aromatic heterocycles. The molecule has 1 rings (SSSR count). The van der Waals surface area contributed by atoms with E-state index in [0.717, 1.165) is 12.8 Å². The zero-order chi connectivity index (χ0) is 13.2. The van der Waals surface area contributed by atoms with Crippen molar-refractivity contribution in [2.75, 3.05) is 19.8 Å². The van der Waals surface area contributed by atoms with Crippen LogP contribution in [0.4, 0.5) is 0 Å². The van der Waals surface area contributed by atoms with Gasteiger partial charge in [0.15, 0.2) is 0 Å². The normalized spacial score (nSPS) is 10.3. The van der Waals surface area contributed by atoms with Crippen molar-refractivity contribution < 1.29 is 19.3 Å². The van der Waals surface area contributed by atoms with Gasteiger partial charge in [0.2, 0.25) is 0 Å². The summed E-state index contributed by atoms with van der Waals surface area (Å²) in [5.41, 5.74) is 1.67. The fourth-order valence-electron chi connectivity index (χ4n) is 1.36. The van der Waals surface area contributed by atoms with Crippen LogP contribution in [0.2, 0.25) is 0 Å². The Morgan fingerprint density at radius 2 is 1.78 bits per heavy atom. The third kappa shape index (κ3) is 5.29. The summed E-state index contributed by atoms with van der Waals surface area (Å²) >= 11 is 0. The maximum atomic E-state index is 11.5. The third-order valence-electron chi connectivity index (χ3n) is 2.39. The van der Waals surface area contributed by atoms with Crippen molar-refractivity contribution in [3.05, 3.63) is 35.4 Å². The van der Waals surface area contributed by atoms with Crippen LogP contribution in [0.25, 0.3) is 0 Å². The van der Waals surface area contributed by atoms with Crippen LogP contribution < -0.4 is 0 Å². The van der Waals surface area contributed by atoms with Gasteiger partial charge >= 0.3 is 5.97 Å². The Balaban J connectivity index is 2.23. The highest BCUT2D eigenvalue weighted by molar-refractivity contribution is 5.88. The minimum Gasteiger partial charge on any atom is -0.379 e. The maximum absolute atomic E-state index is 11.5. The van der Waals surface area contributed by atoms with E-state index in [-0.39, 0.29) is 6.61 Å². The summed E-state index contributed by atoms with van der Waals surface area (Å²) < 4.78 is 5.18. The number of aryl methyl sites for hydroxylation is 1. The van der Waals surface area contributed by atoms with Crippen molar-refractivity contribution in [1.82, 2.24) is 0 Å². The van der Waals surface area contributed by atoms with Crippen LogP contribution in [-0.4, -0.2) is 25.8 Å². The molecule has 0 aliphatic heterocycles. The SMILES string of the molecule is CCCOCCOOC(=O)c1ccc(CC)cc1. The Morgan fingerprint density at radius 1 is 1.06 bits per heavy atom. The molecule has 4 nitrogen and oxygen atoms in total. The van der Waals surface area contributed by atoms with E-state index >= 15 is 0 Å². The molecule has 0 radical (unpaired) electrons. The Hall–Kier alpha value is -1.39. The summed E-state index contributed by atoms with van der Waals surface area (Å²) in [5, 5.41) is 0. The van der Waals surface area contributed by atoms with Gasteiger partial charge in [-0.1, -0.05) is 26.0 Å². The predicted octanol–water partition coefficient (Wildman–Crippen LogP) is 2.76. The summed E-state index contributed by atoms with van der Waals surface area (Å²) in [6.45, 7) is 5.46. The molecular weight excluding hydrogens is 232 g/mol. The molecule has 1 aromatic carbocycles. The lowest BCUT2D eigenvalue weighted by Gasteiger charge is -2.05. The van der Waals surface area contributed by atoms with Crippen molar-refractivity contribution in [2.24, 2.45) is 0 Å². The summed E-state index contributed by atoms with van der Waals surface area (Å²) in [6.07, 6.45) is 1.91. The second kappa shape index (κ2) is 8.66. The van der Waals surface area contributed by atoms with Crippen molar-refractivity contribution in [3.63, 3.8) is 0 Å². The van der Waals surface area contributed by atoms with Gasteiger partial charge in [0.1, 0.15) is 6.61 Å². The molecule has 0 bridgehead atoms. The fourth-order valence-corrected chi connectivity index (χ4v) is 1.36. The molecule has 0 saturated carbocycles. The van der Waals surface area contributed by atoms with Crippen molar-refractivity contribution in [1.29, 1.82) is 0 Å². The third-order valence-corrected chi connectivity index (χ3v) is 2.39. The topological polar surface area (TPSA) is 44.8 Å². The molecule has 0 atom stereocenters. The predicted molar refractivity (Wildman–Crippen MR) is 68.3 cm³/mol. The first-order chi connectivity index (χ1) is 8.77. The van der Waals surface area contributed by atoms with E-state index in [0.29, 0.717) is 18.8 Å². The zero-order valence-electron chi connectivity index (χ0n) is 11.0. The molecular formula is C14H20O4. The van der Waals surface area contributed by atoms with Crippen molar-refractivity contribution in [2.45, 2.75) is 26.7 Å². The molecule has 0 heterocycles. The molecule has 0 amide bonds. The number of rotatable bonds is 8. The van der Waals surface area contributed by atoms with E-state index in [1.165, 1.54) is 5.56 Å². The Bertz CT molecular complexity index is 345. The van der Waals surface area contributed by atoms with Gasteiger partial charge in [-0.2, -0.15) is 4.89 Å². The van der Waals surface area contributed by atoms with Gasteiger partial charge < -0.3 is 4.74 Å². The van der Waals surface area contributed by atoms with Gasteiger partial charge in [-0.3, -0.25) is 4.89 Å². The standard InChI is InChI=1S/C14H20O4/c1-3-9-16-10-11-17-18-14(15)13-7-5-12(4-2)6-8-13/h5-8H,3-4,9-11H2,1-2H3. The van der Waals surface area contributed by atoms with Crippen LogP contribution in [0, 0.1) is 0 Å². The van der Waals surface area contributed by atoms with Crippen LogP contribution in [0.15, 0.2) is 24.3 Å². The van der Waals surface area contributed by atoms with Gasteiger partial charge in [-0.25, -0.2) is 4.79 Å². The monoisotopic (exact) mass is 252 g/mol. The highest BCUT2D eigenvalue weighted by atomic mass is 17.2. The Labute approximate surface area is 108 Å². The Morgan fingerprint density at radius 3 is 2.39 bits per heavy atom. The summed E-state index contributed by atoms with van der Waals surface area (Å²) in [5.74, 6) is -0.479. The maximum Gasteiger partial charge on any atom is 0.373 e. The molecule has 0 unspecified atom stereocenters. The molecule has 0 spiro atoms. The van der Waals surface area contributed by atoms with Gasteiger partial charge in [0, 0.05) is 6.61 Å². The first kappa shape index (κ1) is 14.7. The summed E-state index contributed by atoms with van der Waals surface area (Å²) in [7, 11) is 0. The van der Waals surface area contributed by atoms with E-state index in [2.05, 4.69) is 11.8 Å². The molecule has 0 aliphatic carbocycles. The number of carbonyl (C=O) groups is 1. The summed E-state index contributed by atoms with van der Waals surface area (Å²) in [4.78, 5) is 21.0. The van der Waals surface area contributed by atoms with E-state index in [4.69, 9.17) is 9.62 Å². The van der Waals surface area contributed by atoms with E-state index in [1.54, 1.807) is 12.1 Å². The fraction of sp³-hybridized carbons (Fsp3) is 0.500. The second-order valence-electron chi connectivity index (χ2n) is 3.86. The number of benzene rings is 1. The van der Waals surface area contributed by atoms with Gasteiger partial charge in [-0.05, 0) is 30.5 Å². The highest BCUT2D eigenvalue weighted by Crippen LogP contribution is 2.06. The molecule has 0 saturated heterocycles. The zero-order valence-corrected chi connectivity index (χ0v) is 11.0. The van der Waals surface area contributed by atoms with Crippen molar-refractivity contribution in [3.8, 4) is 0 Å². The van der Waals surface area contributed by atoms with Crippen LogP contribution in [0.1, 0.15) is 36.2 Å². The van der Waals surface area contributed by atoms with Gasteiger partial charge in [-0.15, -0.1) is 0 Å². The number of hydrogen-bond donors (Lipinski definition) is 0. The average Bonchev–Trinajstić information content (AvgIpc) is 2.42. The lowest BCUT2D eigenvalue weighted by atomic mass is 10.1. The minimum absolute atomic E-state index is 0.249. The molecule has 0 aliphatic rings. The largest absolute Gasteiger partial charge is 0.379 e. The van der Waals surface area contributed by atoms with Gasteiger partial charge in [0.05, 0.1) is 12.2 Å². The quantitative estimate of drug-likeness (QED) is 0.405. The molecule has 0 N–H and O–H groups in total. The lowest BCUT2D eigenvalue weighted by Crippen LogP contribution is -2.10. The molecule has 18 heavy (non-hydrogen) atoms. The van der Waals surface area contributed by atoms with Gasteiger partial charge in [0.25, 0.3) is 0 Å². The lowest BCUT2D eigenvalue weighted by molar-refractivity contribution is -0.247. The molecule has 1 aromatic rings. The minimum atomic E-state index is -0.479. The van der Waals surface area contributed by atoms with Crippen LogP contribution >= 0.6 is 0 Å². The number of ether oxygens (including phenoxy) is 1. The van der Waals surface area contributed by atoms with Crippen LogP contribution in [0.5, 0.6) is 0 Å². The first-order valence-corrected chi connectivity index (χ1v) is 6.28. The average molecular weight is 252 g/mol. The number of hydrogen-bond acceptors (Lipinski definition) is 4. The summed E-state index contributed by atoms with van der Waals surface area (Å²) in [6, 6.07) is 7.28. The first-order valence-electron chi connectivity index (χ1n) is 6.28. The molecule has 100 valence electrons. The van der Waals surface area contributed by atoms with Crippen molar-refractivity contribution >= 4 is 5.97 Å². The van der Waals surface area contributed by atoms with E-state index in [1.807, 2.05) is 19.1 Å². The van der Waals surface area contributed by atoms with E-state index < -0.39 is 5.97 Å². The Kier molecular flexibility index (Phi) is 7.06. The van der Waals surface area contributed by atoms with Crippen LogP contribution in [0.3, 0.4) is 0 Å². The second-order valence-corrected chi connectivity index (χ2v) is 3.86. The molecule has 4 heteroatoms. The van der Waals surface area contributed by atoms with E-state index in [9.17, 15) is 4.79 Å². The molecule has 0 fully saturated rings. The van der Waals surface area contributed by atoms with Crippen LogP contribution in [-0.2, 0) is 20.9 Å².